The minimum absolute atomic E-state index is 0.334. The van der Waals surface area contributed by atoms with Crippen LogP contribution in [0.1, 0.15) is 12.5 Å². The molecule has 4 nitrogen and oxygen atoms in total. The van der Waals surface area contributed by atoms with Crippen molar-refractivity contribution in [2.75, 3.05) is 6.61 Å². The molecule has 0 bridgehead atoms. The third-order valence-corrected chi connectivity index (χ3v) is 1.67. The maximum Gasteiger partial charge on any atom is 0.330 e. The van der Waals surface area contributed by atoms with Gasteiger partial charge >= 0.3 is 5.97 Å². The Kier molecular flexibility index (Phi) is 4.22. The number of nitroso groups, excluding NO2 is 1. The largest absolute Gasteiger partial charge is 0.463 e. The van der Waals surface area contributed by atoms with E-state index in [1.54, 1.807) is 37.3 Å². The molecule has 78 valence electrons. The highest BCUT2D eigenvalue weighted by molar-refractivity contribution is 5.87. The zero-order chi connectivity index (χ0) is 11.1. The maximum absolute atomic E-state index is 11.0. The van der Waals surface area contributed by atoms with E-state index in [9.17, 15) is 9.70 Å². The van der Waals surface area contributed by atoms with Crippen molar-refractivity contribution in [1.29, 1.82) is 0 Å². The van der Waals surface area contributed by atoms with Crippen molar-refractivity contribution in [2.45, 2.75) is 6.92 Å². The molecule has 4 heteroatoms. The van der Waals surface area contributed by atoms with Gasteiger partial charge in [-0.2, -0.15) is 0 Å². The van der Waals surface area contributed by atoms with Crippen molar-refractivity contribution >= 4 is 17.7 Å². The van der Waals surface area contributed by atoms with E-state index < -0.39 is 5.97 Å². The number of carbonyl (C=O) groups is 1. The number of benzene rings is 1. The van der Waals surface area contributed by atoms with E-state index in [4.69, 9.17) is 4.74 Å². The molecule has 0 amide bonds. The van der Waals surface area contributed by atoms with Crippen LogP contribution >= 0.6 is 0 Å². The quantitative estimate of drug-likeness (QED) is 0.431. The van der Waals surface area contributed by atoms with E-state index in [1.807, 2.05) is 0 Å². The van der Waals surface area contributed by atoms with Gasteiger partial charge in [-0.05, 0) is 35.9 Å². The van der Waals surface area contributed by atoms with Gasteiger partial charge in [0.05, 0.1) is 6.61 Å². The predicted molar refractivity (Wildman–Crippen MR) is 57.6 cm³/mol. The van der Waals surface area contributed by atoms with E-state index in [0.29, 0.717) is 12.3 Å². The molecule has 0 aliphatic carbocycles. The Morgan fingerprint density at radius 3 is 3.00 bits per heavy atom. The van der Waals surface area contributed by atoms with Gasteiger partial charge in [-0.3, -0.25) is 0 Å². The minimum atomic E-state index is -0.401. The van der Waals surface area contributed by atoms with Crippen LogP contribution < -0.4 is 0 Å². The smallest absolute Gasteiger partial charge is 0.330 e. The van der Waals surface area contributed by atoms with Gasteiger partial charge in [-0.15, -0.1) is 4.91 Å². The molecule has 0 atom stereocenters. The molecule has 0 spiro atoms. The lowest BCUT2D eigenvalue weighted by Gasteiger charge is -1.95. The van der Waals surface area contributed by atoms with Crippen LogP contribution in [0.3, 0.4) is 0 Å². The van der Waals surface area contributed by atoms with Gasteiger partial charge in [-0.25, -0.2) is 4.79 Å². The van der Waals surface area contributed by atoms with E-state index in [1.165, 1.54) is 6.08 Å². The van der Waals surface area contributed by atoms with Crippen LogP contribution in [0.4, 0.5) is 5.69 Å². The van der Waals surface area contributed by atoms with E-state index in [-0.39, 0.29) is 0 Å². The van der Waals surface area contributed by atoms with E-state index >= 15 is 0 Å². The standard InChI is InChI=1S/C11H11NO3/c1-2-15-11(13)7-6-9-4-3-5-10(8-9)12-14/h3-8H,2H2,1H3/b7-6+. The highest BCUT2D eigenvalue weighted by atomic mass is 16.5. The van der Waals surface area contributed by atoms with Crippen molar-refractivity contribution < 1.29 is 9.53 Å². The molecule has 0 fully saturated rings. The predicted octanol–water partition coefficient (Wildman–Crippen LogP) is 2.66. The van der Waals surface area contributed by atoms with Crippen molar-refractivity contribution in [1.82, 2.24) is 0 Å². The number of rotatable bonds is 4. The lowest BCUT2D eigenvalue weighted by Crippen LogP contribution is -1.98. The number of nitrogens with zero attached hydrogens (tertiary/aromatic N) is 1. The molecule has 0 aliphatic rings. The first-order valence-corrected chi connectivity index (χ1v) is 4.54. The fraction of sp³-hybridized carbons (Fsp3) is 0.182. The molecule has 15 heavy (non-hydrogen) atoms. The van der Waals surface area contributed by atoms with Crippen molar-refractivity contribution in [3.63, 3.8) is 0 Å². The average molecular weight is 205 g/mol. The van der Waals surface area contributed by atoms with Crippen LogP contribution in [0.2, 0.25) is 0 Å². The summed E-state index contributed by atoms with van der Waals surface area (Å²) >= 11 is 0. The molecular weight excluding hydrogens is 194 g/mol. The third-order valence-electron chi connectivity index (χ3n) is 1.67. The summed E-state index contributed by atoms with van der Waals surface area (Å²) in [6, 6.07) is 6.64. The molecule has 0 heterocycles. The fourth-order valence-corrected chi connectivity index (χ4v) is 1.04. The Morgan fingerprint density at radius 1 is 1.53 bits per heavy atom. The zero-order valence-corrected chi connectivity index (χ0v) is 8.34. The summed E-state index contributed by atoms with van der Waals surface area (Å²) in [7, 11) is 0. The average Bonchev–Trinajstić information content (AvgIpc) is 2.27. The zero-order valence-electron chi connectivity index (χ0n) is 8.34. The van der Waals surface area contributed by atoms with Crippen LogP contribution in [0.5, 0.6) is 0 Å². The van der Waals surface area contributed by atoms with Crippen LogP contribution in [0.25, 0.3) is 6.08 Å². The number of esters is 1. The summed E-state index contributed by atoms with van der Waals surface area (Å²) in [4.78, 5) is 21.2. The second-order valence-electron chi connectivity index (χ2n) is 2.77. The number of ether oxygens (including phenoxy) is 1. The summed E-state index contributed by atoms with van der Waals surface area (Å²) in [5.74, 6) is -0.401. The summed E-state index contributed by atoms with van der Waals surface area (Å²) in [6.07, 6.45) is 2.89. The molecule has 0 aromatic heterocycles. The summed E-state index contributed by atoms with van der Waals surface area (Å²) in [5, 5.41) is 2.79. The Balaban J connectivity index is 2.71. The van der Waals surface area contributed by atoms with Gasteiger partial charge in [0.15, 0.2) is 0 Å². The second kappa shape index (κ2) is 5.70. The van der Waals surface area contributed by atoms with E-state index in [0.717, 1.165) is 5.56 Å². The Bertz CT molecular complexity index is 385. The molecule has 0 saturated carbocycles. The summed E-state index contributed by atoms with van der Waals surface area (Å²) in [5.41, 5.74) is 1.07. The number of carbonyl (C=O) groups excluding carboxylic acids is 1. The monoisotopic (exact) mass is 205 g/mol. The highest BCUT2D eigenvalue weighted by Crippen LogP contribution is 2.14. The summed E-state index contributed by atoms with van der Waals surface area (Å²) in [6.45, 7) is 2.09. The summed E-state index contributed by atoms with van der Waals surface area (Å²) < 4.78 is 4.71. The molecule has 0 unspecified atom stereocenters. The van der Waals surface area contributed by atoms with Gasteiger partial charge in [0.25, 0.3) is 0 Å². The number of hydrogen-bond donors (Lipinski definition) is 0. The van der Waals surface area contributed by atoms with Crippen molar-refractivity contribution in [2.24, 2.45) is 5.18 Å². The molecule has 1 rings (SSSR count). The van der Waals surface area contributed by atoms with Crippen LogP contribution in [-0.4, -0.2) is 12.6 Å². The molecule has 1 aromatic rings. The first kappa shape index (κ1) is 11.1. The lowest BCUT2D eigenvalue weighted by atomic mass is 10.2. The number of hydrogen-bond acceptors (Lipinski definition) is 4. The molecule has 0 N–H and O–H groups in total. The minimum Gasteiger partial charge on any atom is -0.463 e. The normalized spacial score (nSPS) is 10.2. The third kappa shape index (κ3) is 3.72. The maximum atomic E-state index is 11.0. The Labute approximate surface area is 87.5 Å². The molecular formula is C11H11NO3. The fourth-order valence-electron chi connectivity index (χ4n) is 1.04. The molecule has 0 aliphatic heterocycles. The van der Waals surface area contributed by atoms with Gasteiger partial charge in [0, 0.05) is 6.08 Å². The first-order chi connectivity index (χ1) is 7.26. The van der Waals surface area contributed by atoms with Crippen molar-refractivity contribution in [3.05, 3.63) is 40.8 Å². The topological polar surface area (TPSA) is 55.7 Å². The molecule has 0 saturated heterocycles. The van der Waals surface area contributed by atoms with Gasteiger partial charge < -0.3 is 4.74 Å². The van der Waals surface area contributed by atoms with Gasteiger partial charge in [-0.1, -0.05) is 12.1 Å². The van der Waals surface area contributed by atoms with Crippen LogP contribution in [0.15, 0.2) is 35.5 Å². The van der Waals surface area contributed by atoms with Crippen molar-refractivity contribution in [3.8, 4) is 0 Å². The van der Waals surface area contributed by atoms with Gasteiger partial charge in [0.1, 0.15) is 5.69 Å². The molecule has 1 aromatic carbocycles. The Hall–Kier alpha value is -1.97. The van der Waals surface area contributed by atoms with Crippen LogP contribution in [0, 0.1) is 4.91 Å². The van der Waals surface area contributed by atoms with Gasteiger partial charge in [0.2, 0.25) is 0 Å². The first-order valence-electron chi connectivity index (χ1n) is 4.54. The Morgan fingerprint density at radius 2 is 2.33 bits per heavy atom. The lowest BCUT2D eigenvalue weighted by molar-refractivity contribution is -0.137. The second-order valence-corrected chi connectivity index (χ2v) is 2.77. The SMILES string of the molecule is CCOC(=O)/C=C/c1cccc(N=O)c1. The highest BCUT2D eigenvalue weighted by Gasteiger charge is 1.95. The molecule has 0 radical (unpaired) electrons. The van der Waals surface area contributed by atoms with E-state index in [2.05, 4.69) is 5.18 Å². The van der Waals surface area contributed by atoms with Crippen LogP contribution in [-0.2, 0) is 9.53 Å².